The van der Waals surface area contributed by atoms with Crippen LogP contribution in [0.4, 0.5) is 11.4 Å². The van der Waals surface area contributed by atoms with Crippen LogP contribution in [-0.4, -0.2) is 41.0 Å². The smallest absolute Gasteiger partial charge is 0.270 e. The van der Waals surface area contributed by atoms with Crippen molar-refractivity contribution in [3.63, 3.8) is 0 Å². The van der Waals surface area contributed by atoms with E-state index in [0.29, 0.717) is 27.2 Å². The van der Waals surface area contributed by atoms with E-state index in [4.69, 9.17) is 40.2 Å². The molecule has 8 nitrogen and oxygen atoms in total. The Morgan fingerprint density at radius 2 is 1.72 bits per heavy atom. The zero-order chi connectivity index (χ0) is 25.8. The number of thiocarbonyl (C=S) groups is 1. The van der Waals surface area contributed by atoms with E-state index in [1.807, 2.05) is 0 Å². The number of nitrogens with one attached hydrogen (secondary N) is 2. The molecule has 0 saturated carbocycles. The minimum Gasteiger partial charge on any atom is -0.497 e. The van der Waals surface area contributed by atoms with Crippen LogP contribution in [0.25, 0.3) is 0 Å². The number of amides is 3. The number of nitrogens with zero attached hydrogens (tertiary/aromatic N) is 2. The Balaban J connectivity index is 1.61. The molecule has 0 bridgehead atoms. The Labute approximate surface area is 222 Å². The first-order chi connectivity index (χ1) is 17.3. The molecule has 1 aliphatic heterocycles. The maximum atomic E-state index is 13.5. The number of hydrazine groups is 1. The van der Waals surface area contributed by atoms with Crippen LogP contribution in [0, 0.1) is 0 Å². The van der Waals surface area contributed by atoms with Crippen molar-refractivity contribution in [3.05, 3.63) is 88.4 Å². The number of anilines is 2. The summed E-state index contributed by atoms with van der Waals surface area (Å²) >= 11 is 17.5. The topological polar surface area (TPSA) is 91.0 Å². The van der Waals surface area contributed by atoms with Crippen LogP contribution in [-0.2, 0) is 9.59 Å². The average molecular weight is 543 g/mol. The first-order valence-electron chi connectivity index (χ1n) is 10.7. The normalized spacial score (nSPS) is 15.1. The molecule has 1 fully saturated rings. The van der Waals surface area contributed by atoms with Gasteiger partial charge in [-0.3, -0.25) is 24.7 Å². The zero-order valence-electron chi connectivity index (χ0n) is 18.9. The molecule has 3 aromatic rings. The van der Waals surface area contributed by atoms with Crippen LogP contribution in [0.15, 0.2) is 72.8 Å². The van der Waals surface area contributed by atoms with Crippen molar-refractivity contribution in [2.24, 2.45) is 0 Å². The summed E-state index contributed by atoms with van der Waals surface area (Å²) in [5, 5.41) is 4.89. The molecule has 3 amide bonds. The fourth-order valence-electron chi connectivity index (χ4n) is 3.62. The van der Waals surface area contributed by atoms with E-state index in [0.717, 1.165) is 0 Å². The van der Waals surface area contributed by atoms with E-state index >= 15 is 0 Å². The van der Waals surface area contributed by atoms with Gasteiger partial charge in [0, 0.05) is 21.3 Å². The molecule has 0 radical (unpaired) electrons. The van der Waals surface area contributed by atoms with Gasteiger partial charge in [-0.05, 0) is 72.9 Å². The number of carbonyl (C=O) groups excluding carboxylic acids is 3. The maximum Gasteiger partial charge on any atom is 0.270 e. The van der Waals surface area contributed by atoms with Crippen molar-refractivity contribution in [1.82, 2.24) is 10.4 Å². The van der Waals surface area contributed by atoms with Gasteiger partial charge in [0.15, 0.2) is 0 Å². The van der Waals surface area contributed by atoms with Crippen molar-refractivity contribution in [2.75, 3.05) is 17.3 Å². The summed E-state index contributed by atoms with van der Waals surface area (Å²) in [6.45, 7) is 0. The van der Waals surface area contributed by atoms with Gasteiger partial charge in [-0.25, -0.2) is 5.01 Å². The largest absolute Gasteiger partial charge is 0.497 e. The van der Waals surface area contributed by atoms with E-state index in [-0.39, 0.29) is 17.1 Å². The fraction of sp³-hybridized carbons (Fsp3) is 0.120. The summed E-state index contributed by atoms with van der Waals surface area (Å²) in [6.07, 6.45) is -0.284. The highest BCUT2D eigenvalue weighted by atomic mass is 35.5. The maximum absolute atomic E-state index is 13.5. The molecule has 0 aliphatic carbocycles. The molecule has 0 aromatic heterocycles. The minimum absolute atomic E-state index is 0.0131. The van der Waals surface area contributed by atoms with E-state index < -0.39 is 23.8 Å². The first kappa shape index (κ1) is 25.4. The third-order valence-corrected chi connectivity index (χ3v) is 6.21. The summed E-state index contributed by atoms with van der Waals surface area (Å²) in [7, 11) is 1.49. The molecule has 11 heteroatoms. The standard InChI is InChI=1S/C25H20Cl2N4O4S/c1-35-20-7-2-4-15(12-20)23(33)29-31-21(14-22(32)28-18-6-3-5-17(27)13-18)24(34)30(25(31)36)19-10-8-16(26)9-11-19/h2-13,21H,14H2,1H3,(H,28,32)(H,29,33)/t21-/m1/s1. The Morgan fingerprint density at radius 3 is 2.42 bits per heavy atom. The molecule has 184 valence electrons. The number of methoxy groups -OCH3 is 1. The number of rotatable bonds is 7. The summed E-state index contributed by atoms with van der Waals surface area (Å²) in [5.74, 6) is -0.975. The molecule has 2 N–H and O–H groups in total. The van der Waals surface area contributed by atoms with E-state index in [1.54, 1.807) is 72.8 Å². The quantitative estimate of drug-likeness (QED) is 0.421. The lowest BCUT2D eigenvalue weighted by molar-refractivity contribution is -0.124. The van der Waals surface area contributed by atoms with Crippen molar-refractivity contribution in [1.29, 1.82) is 0 Å². The van der Waals surface area contributed by atoms with Gasteiger partial charge >= 0.3 is 0 Å². The molecule has 1 atom stereocenters. The molecule has 1 saturated heterocycles. The fourth-order valence-corrected chi connectivity index (χ4v) is 4.30. The lowest BCUT2D eigenvalue weighted by Gasteiger charge is -2.24. The van der Waals surface area contributed by atoms with Gasteiger partial charge in [0.2, 0.25) is 11.0 Å². The summed E-state index contributed by atoms with van der Waals surface area (Å²) in [4.78, 5) is 40.6. The highest BCUT2D eigenvalue weighted by molar-refractivity contribution is 7.80. The van der Waals surface area contributed by atoms with Gasteiger partial charge < -0.3 is 10.1 Å². The van der Waals surface area contributed by atoms with Gasteiger partial charge in [0.25, 0.3) is 11.8 Å². The number of halogens is 2. The molecule has 0 unspecified atom stereocenters. The predicted molar refractivity (Wildman–Crippen MR) is 142 cm³/mol. The lowest BCUT2D eigenvalue weighted by Crippen LogP contribution is -2.49. The zero-order valence-corrected chi connectivity index (χ0v) is 21.2. The minimum atomic E-state index is -1.10. The van der Waals surface area contributed by atoms with Crippen molar-refractivity contribution in [3.8, 4) is 5.75 Å². The monoisotopic (exact) mass is 542 g/mol. The van der Waals surface area contributed by atoms with Crippen molar-refractivity contribution >= 4 is 69.6 Å². The number of carbonyl (C=O) groups is 3. The molecular formula is C25H20Cl2N4O4S. The van der Waals surface area contributed by atoms with Gasteiger partial charge in [-0.2, -0.15) is 0 Å². The van der Waals surface area contributed by atoms with Gasteiger partial charge in [-0.1, -0.05) is 35.3 Å². The number of benzene rings is 3. The molecule has 36 heavy (non-hydrogen) atoms. The van der Waals surface area contributed by atoms with Crippen LogP contribution >= 0.6 is 35.4 Å². The van der Waals surface area contributed by atoms with E-state index in [2.05, 4.69) is 10.7 Å². The van der Waals surface area contributed by atoms with Crippen LogP contribution < -0.4 is 20.4 Å². The number of hydrogen-bond acceptors (Lipinski definition) is 5. The molecule has 1 aliphatic rings. The Kier molecular flexibility index (Phi) is 7.73. The molecule has 0 spiro atoms. The van der Waals surface area contributed by atoms with E-state index in [1.165, 1.54) is 17.0 Å². The lowest BCUT2D eigenvalue weighted by atomic mass is 10.1. The molecular weight excluding hydrogens is 523 g/mol. The number of ether oxygens (including phenoxy) is 1. The van der Waals surface area contributed by atoms with E-state index in [9.17, 15) is 14.4 Å². The predicted octanol–water partition coefficient (Wildman–Crippen LogP) is 4.68. The molecule has 3 aromatic carbocycles. The van der Waals surface area contributed by atoms with Crippen LogP contribution in [0.1, 0.15) is 16.8 Å². The number of hydrogen-bond donors (Lipinski definition) is 2. The average Bonchev–Trinajstić information content (AvgIpc) is 3.08. The second-order valence-electron chi connectivity index (χ2n) is 7.75. The highest BCUT2D eigenvalue weighted by Crippen LogP contribution is 2.28. The second-order valence-corrected chi connectivity index (χ2v) is 8.99. The SMILES string of the molecule is COc1cccc(C(=O)NN2C(=S)N(c3ccc(Cl)cc3)C(=O)[C@H]2CC(=O)Nc2cccc(Cl)c2)c1. The third-order valence-electron chi connectivity index (χ3n) is 5.34. The van der Waals surface area contributed by atoms with Gasteiger partial charge in [-0.15, -0.1) is 0 Å². The first-order valence-corrected chi connectivity index (χ1v) is 11.9. The summed E-state index contributed by atoms with van der Waals surface area (Å²) in [5.41, 5.74) is 3.89. The molecule has 1 heterocycles. The van der Waals surface area contributed by atoms with Gasteiger partial charge in [0.05, 0.1) is 19.2 Å². The second kappa shape index (κ2) is 10.9. The molecule has 4 rings (SSSR count). The Morgan fingerprint density at radius 1 is 1.00 bits per heavy atom. The third kappa shape index (κ3) is 5.59. The van der Waals surface area contributed by atoms with Crippen LogP contribution in [0.3, 0.4) is 0 Å². The Bertz CT molecular complexity index is 1340. The van der Waals surface area contributed by atoms with Crippen molar-refractivity contribution in [2.45, 2.75) is 12.5 Å². The summed E-state index contributed by atoms with van der Waals surface area (Å²) < 4.78 is 5.18. The van der Waals surface area contributed by atoms with Gasteiger partial charge in [0.1, 0.15) is 11.8 Å². The van der Waals surface area contributed by atoms with Crippen LogP contribution in [0.5, 0.6) is 5.75 Å². The highest BCUT2D eigenvalue weighted by Gasteiger charge is 2.45. The van der Waals surface area contributed by atoms with Crippen LogP contribution in [0.2, 0.25) is 10.0 Å². The summed E-state index contributed by atoms with van der Waals surface area (Å²) in [6, 6.07) is 18.5. The Hall–Kier alpha value is -3.66. The van der Waals surface area contributed by atoms with Crippen molar-refractivity contribution < 1.29 is 19.1 Å².